The second kappa shape index (κ2) is 9.75. The Morgan fingerprint density at radius 1 is 1.21 bits per heavy atom. The van der Waals surface area contributed by atoms with Crippen molar-refractivity contribution in [2.45, 2.75) is 25.9 Å². The molecule has 0 aliphatic carbocycles. The van der Waals surface area contributed by atoms with Crippen molar-refractivity contribution in [3.63, 3.8) is 0 Å². The number of rotatable bonds is 5. The molecule has 3 aromatic rings. The molecule has 1 aliphatic rings. The van der Waals surface area contributed by atoms with E-state index in [1.54, 1.807) is 6.07 Å². The first-order valence-corrected chi connectivity index (χ1v) is 11.0. The number of fused-ring (bicyclic) bond motifs is 1. The van der Waals surface area contributed by atoms with Gasteiger partial charge in [0.25, 0.3) is 0 Å². The average Bonchev–Trinajstić information content (AvgIpc) is 3.24. The Bertz CT molecular complexity index is 1040. The van der Waals surface area contributed by atoms with Gasteiger partial charge in [-0.3, -0.25) is 9.69 Å². The molecule has 1 N–H and O–H groups in total. The van der Waals surface area contributed by atoms with Crippen molar-refractivity contribution in [2.75, 3.05) is 11.9 Å². The summed E-state index contributed by atoms with van der Waals surface area (Å²) >= 11 is 8.86. The molecule has 0 unspecified atom stereocenters. The van der Waals surface area contributed by atoms with Crippen molar-refractivity contribution in [1.82, 2.24) is 4.90 Å². The highest BCUT2D eigenvalue weighted by Crippen LogP contribution is 2.37. The number of benzene rings is 1. The van der Waals surface area contributed by atoms with Crippen LogP contribution in [-0.2, 0) is 30.7 Å². The van der Waals surface area contributed by atoms with E-state index in [4.69, 9.17) is 11.6 Å². The van der Waals surface area contributed by atoms with Crippen molar-refractivity contribution >= 4 is 57.6 Å². The van der Waals surface area contributed by atoms with Gasteiger partial charge in [0.1, 0.15) is 11.1 Å². The molecule has 0 radical (unpaired) electrons. The van der Waals surface area contributed by atoms with Gasteiger partial charge in [-0.25, -0.2) is 0 Å². The Hall–Kier alpha value is -1.88. The van der Waals surface area contributed by atoms with Gasteiger partial charge >= 0.3 is 0 Å². The summed E-state index contributed by atoms with van der Waals surface area (Å²) in [6.45, 7) is 2.61. The van der Waals surface area contributed by atoms with Crippen LogP contribution in [0.3, 0.4) is 0 Å². The first-order valence-electron chi connectivity index (χ1n) is 8.97. The van der Waals surface area contributed by atoms with E-state index in [1.165, 1.54) is 33.1 Å². The van der Waals surface area contributed by atoms with Crippen LogP contribution in [0.5, 0.6) is 0 Å². The van der Waals surface area contributed by atoms with Gasteiger partial charge in [0.15, 0.2) is 0 Å². The van der Waals surface area contributed by atoms with Gasteiger partial charge in [0.2, 0.25) is 5.91 Å². The first-order chi connectivity index (χ1) is 13.6. The number of halogens is 2. The second-order valence-electron chi connectivity index (χ2n) is 6.70. The molecule has 0 bridgehead atoms. The monoisotopic (exact) mass is 463 g/mol. The van der Waals surface area contributed by atoms with Crippen molar-refractivity contribution in [2.24, 2.45) is 0 Å². The molecule has 3 heterocycles. The molecule has 1 aliphatic heterocycles. The summed E-state index contributed by atoms with van der Waals surface area (Å²) in [5, 5.41) is 13.3. The van der Waals surface area contributed by atoms with Crippen LogP contribution in [0.4, 0.5) is 5.00 Å². The maximum absolute atomic E-state index is 12.4. The van der Waals surface area contributed by atoms with Crippen LogP contribution in [0, 0.1) is 11.3 Å². The van der Waals surface area contributed by atoms with Gasteiger partial charge in [0.05, 0.1) is 16.3 Å². The third kappa shape index (κ3) is 5.19. The van der Waals surface area contributed by atoms with E-state index in [0.29, 0.717) is 14.9 Å². The lowest BCUT2D eigenvalue weighted by Gasteiger charge is -2.26. The molecule has 0 saturated heterocycles. The summed E-state index contributed by atoms with van der Waals surface area (Å²) < 4.78 is 0.672. The fourth-order valence-electron chi connectivity index (χ4n) is 3.42. The fraction of sp³-hybridized carbons (Fsp3) is 0.238. The minimum absolute atomic E-state index is 0. The minimum atomic E-state index is -0.116. The van der Waals surface area contributed by atoms with E-state index in [9.17, 15) is 10.1 Å². The maximum atomic E-state index is 12.4. The molecular weight excluding hydrogens is 445 g/mol. The number of anilines is 1. The van der Waals surface area contributed by atoms with Crippen LogP contribution in [0.25, 0.3) is 0 Å². The van der Waals surface area contributed by atoms with Gasteiger partial charge in [-0.1, -0.05) is 41.9 Å². The molecule has 0 saturated carbocycles. The number of nitrogens with zero attached hydrogens (tertiary/aromatic N) is 2. The van der Waals surface area contributed by atoms with Crippen molar-refractivity contribution in [3.05, 3.63) is 73.2 Å². The number of thiophene rings is 2. The maximum Gasteiger partial charge on any atom is 0.230 e. The summed E-state index contributed by atoms with van der Waals surface area (Å²) in [6.07, 6.45) is 1.10. The predicted molar refractivity (Wildman–Crippen MR) is 122 cm³/mol. The Morgan fingerprint density at radius 3 is 2.69 bits per heavy atom. The van der Waals surface area contributed by atoms with Crippen LogP contribution >= 0.6 is 46.7 Å². The number of carbonyl (C=O) groups is 1. The minimum Gasteiger partial charge on any atom is -0.316 e. The molecule has 8 heteroatoms. The predicted octanol–water partition coefficient (Wildman–Crippen LogP) is 5.50. The summed E-state index contributed by atoms with van der Waals surface area (Å²) in [6, 6.07) is 16.3. The van der Waals surface area contributed by atoms with Crippen molar-refractivity contribution in [1.29, 1.82) is 5.26 Å². The summed E-state index contributed by atoms with van der Waals surface area (Å²) in [5.74, 6) is -0.116. The summed E-state index contributed by atoms with van der Waals surface area (Å²) in [4.78, 5) is 16.9. The zero-order valence-corrected chi connectivity index (χ0v) is 18.7. The van der Waals surface area contributed by atoms with Crippen LogP contribution in [-0.4, -0.2) is 17.4 Å². The zero-order chi connectivity index (χ0) is 19.5. The molecular formula is C21H19Cl2N3OS2. The zero-order valence-electron chi connectivity index (χ0n) is 15.5. The quantitative estimate of drug-likeness (QED) is 0.543. The molecule has 4 rings (SSSR count). The lowest BCUT2D eigenvalue weighted by Crippen LogP contribution is -2.29. The molecule has 29 heavy (non-hydrogen) atoms. The van der Waals surface area contributed by atoms with Crippen LogP contribution < -0.4 is 5.32 Å². The van der Waals surface area contributed by atoms with Gasteiger partial charge in [-0.2, -0.15) is 5.26 Å². The summed E-state index contributed by atoms with van der Waals surface area (Å²) in [5.41, 5.74) is 2.99. The molecule has 0 fully saturated rings. The normalized spacial score (nSPS) is 13.2. The fourth-order valence-corrected chi connectivity index (χ4v) is 5.76. The number of hydrogen-bond donors (Lipinski definition) is 1. The number of hydrogen-bond acceptors (Lipinski definition) is 5. The molecule has 1 amide bonds. The highest BCUT2D eigenvalue weighted by atomic mass is 35.5. The SMILES string of the molecule is Cl.N#Cc1c(NC(=O)Cc2ccc(Cl)s2)sc2c1CCN(Cc1ccccc1)C2. The van der Waals surface area contributed by atoms with Gasteiger partial charge in [0, 0.05) is 29.4 Å². The highest BCUT2D eigenvalue weighted by molar-refractivity contribution is 7.17. The smallest absolute Gasteiger partial charge is 0.230 e. The number of amides is 1. The second-order valence-corrected chi connectivity index (χ2v) is 9.60. The number of nitrogens with one attached hydrogen (secondary N) is 1. The molecule has 0 atom stereocenters. The van der Waals surface area contributed by atoms with E-state index in [-0.39, 0.29) is 24.7 Å². The van der Waals surface area contributed by atoms with E-state index in [2.05, 4.69) is 40.6 Å². The van der Waals surface area contributed by atoms with E-state index < -0.39 is 0 Å². The van der Waals surface area contributed by atoms with E-state index >= 15 is 0 Å². The van der Waals surface area contributed by atoms with Gasteiger partial charge < -0.3 is 5.32 Å². The Balaban J connectivity index is 0.00000240. The van der Waals surface area contributed by atoms with E-state index in [0.717, 1.165) is 36.5 Å². The molecule has 4 nitrogen and oxygen atoms in total. The summed E-state index contributed by atoms with van der Waals surface area (Å²) in [7, 11) is 0. The Kier molecular flexibility index (Phi) is 7.33. The molecule has 2 aromatic heterocycles. The highest BCUT2D eigenvalue weighted by Gasteiger charge is 2.25. The van der Waals surface area contributed by atoms with Gasteiger partial charge in [-0.15, -0.1) is 35.1 Å². The van der Waals surface area contributed by atoms with Crippen LogP contribution in [0.1, 0.15) is 26.4 Å². The largest absolute Gasteiger partial charge is 0.316 e. The lowest BCUT2D eigenvalue weighted by atomic mass is 10.0. The number of nitriles is 1. The Labute approximate surface area is 189 Å². The van der Waals surface area contributed by atoms with Gasteiger partial charge in [-0.05, 0) is 29.7 Å². The third-order valence-corrected chi connectivity index (χ3v) is 7.08. The van der Waals surface area contributed by atoms with Crippen LogP contribution in [0.2, 0.25) is 4.34 Å². The average molecular weight is 464 g/mol. The van der Waals surface area contributed by atoms with E-state index in [1.807, 2.05) is 12.1 Å². The molecule has 1 aromatic carbocycles. The topological polar surface area (TPSA) is 56.1 Å². The van der Waals surface area contributed by atoms with Crippen molar-refractivity contribution < 1.29 is 4.79 Å². The third-order valence-electron chi connectivity index (χ3n) is 4.71. The number of carbonyl (C=O) groups excluding carboxylic acids is 1. The van der Waals surface area contributed by atoms with Crippen molar-refractivity contribution in [3.8, 4) is 6.07 Å². The molecule has 0 spiro atoms. The molecule has 150 valence electrons. The standard InChI is InChI=1S/C21H18ClN3OS2.ClH/c22-19-7-6-15(27-19)10-20(26)24-21-17(11-23)16-8-9-25(13-18(16)28-21)12-14-4-2-1-3-5-14;/h1-7H,8-10,12-13H2,(H,24,26);1H. The Morgan fingerprint density at radius 2 is 2.00 bits per heavy atom. The first kappa shape index (κ1) is 21.8. The lowest BCUT2D eigenvalue weighted by molar-refractivity contribution is -0.115. The van der Waals surface area contributed by atoms with Crippen LogP contribution in [0.15, 0.2) is 42.5 Å².